The summed E-state index contributed by atoms with van der Waals surface area (Å²) in [5.41, 5.74) is 1.05. The Balaban J connectivity index is 1.72. The summed E-state index contributed by atoms with van der Waals surface area (Å²) in [6.45, 7) is 0.149. The van der Waals surface area contributed by atoms with Gasteiger partial charge in [-0.25, -0.2) is 0 Å². The summed E-state index contributed by atoms with van der Waals surface area (Å²) < 4.78 is 5.26. The van der Waals surface area contributed by atoms with Crippen molar-refractivity contribution in [3.8, 4) is 11.3 Å². The molecule has 3 aromatic rings. The maximum atomic E-state index is 12.4. The fourth-order valence-corrected chi connectivity index (χ4v) is 2.24. The van der Waals surface area contributed by atoms with Gasteiger partial charge >= 0.3 is 0 Å². The van der Waals surface area contributed by atoms with Crippen molar-refractivity contribution < 1.29 is 9.32 Å². The van der Waals surface area contributed by atoms with Crippen LogP contribution < -0.4 is 15.1 Å². The van der Waals surface area contributed by atoms with Crippen molar-refractivity contribution in [1.82, 2.24) is 25.4 Å². The molecule has 0 radical (unpaired) electrons. The van der Waals surface area contributed by atoms with Gasteiger partial charge in [-0.1, -0.05) is 35.5 Å². The van der Waals surface area contributed by atoms with Gasteiger partial charge in [-0.2, -0.15) is 15.0 Å². The number of rotatable bonds is 6. The Kier molecular flexibility index (Phi) is 5.30. The van der Waals surface area contributed by atoms with E-state index >= 15 is 0 Å². The van der Waals surface area contributed by atoms with E-state index in [1.54, 1.807) is 15.9 Å². The molecule has 0 unspecified atom stereocenters. The molecule has 0 aliphatic rings. The van der Waals surface area contributed by atoms with Crippen LogP contribution in [0.25, 0.3) is 11.3 Å². The van der Waals surface area contributed by atoms with Crippen molar-refractivity contribution in [3.63, 3.8) is 0 Å². The molecule has 0 aliphatic carbocycles. The fraction of sp³-hybridized carbons (Fsp3) is 0.278. The predicted octanol–water partition coefficient (Wildman–Crippen LogP) is 1.59. The summed E-state index contributed by atoms with van der Waals surface area (Å²) in [5.74, 6) is 1.67. The third-order valence-electron chi connectivity index (χ3n) is 3.67. The van der Waals surface area contributed by atoms with E-state index in [2.05, 4.69) is 25.4 Å². The zero-order chi connectivity index (χ0) is 19.4. The number of carbonyl (C=O) groups excluding carboxylic acids is 1. The van der Waals surface area contributed by atoms with Crippen molar-refractivity contribution >= 4 is 17.8 Å². The summed E-state index contributed by atoms with van der Waals surface area (Å²) in [4.78, 5) is 29.0. The van der Waals surface area contributed by atoms with Gasteiger partial charge in [-0.3, -0.25) is 4.79 Å². The first-order valence-electron chi connectivity index (χ1n) is 8.34. The Morgan fingerprint density at radius 3 is 2.22 bits per heavy atom. The Morgan fingerprint density at radius 2 is 1.63 bits per heavy atom. The maximum absolute atomic E-state index is 12.4. The molecule has 0 spiro atoms. The van der Waals surface area contributed by atoms with E-state index in [9.17, 15) is 4.79 Å². The summed E-state index contributed by atoms with van der Waals surface area (Å²) in [6.07, 6.45) is 0. The Morgan fingerprint density at radius 1 is 1.00 bits per heavy atom. The van der Waals surface area contributed by atoms with E-state index in [4.69, 9.17) is 4.52 Å². The minimum Gasteiger partial charge on any atom is -0.355 e. The SMILES string of the molecule is CN(C)c1nc(CNC(=O)c2cc(-c3ccccc3)on2)nc(N(C)C)n1. The van der Waals surface area contributed by atoms with E-state index in [1.165, 1.54) is 0 Å². The second-order valence-electron chi connectivity index (χ2n) is 6.27. The van der Waals surface area contributed by atoms with Crippen molar-refractivity contribution in [2.75, 3.05) is 38.0 Å². The van der Waals surface area contributed by atoms with E-state index in [1.807, 2.05) is 58.5 Å². The lowest BCUT2D eigenvalue weighted by molar-refractivity contribution is 0.0941. The molecule has 0 atom stereocenters. The number of nitrogens with one attached hydrogen (secondary N) is 1. The van der Waals surface area contributed by atoms with Gasteiger partial charge in [0.05, 0.1) is 6.54 Å². The van der Waals surface area contributed by atoms with Gasteiger partial charge in [-0.05, 0) is 0 Å². The average Bonchev–Trinajstić information content (AvgIpc) is 3.17. The fourth-order valence-electron chi connectivity index (χ4n) is 2.24. The average molecular weight is 367 g/mol. The Bertz CT molecular complexity index is 896. The van der Waals surface area contributed by atoms with Gasteiger partial charge in [0, 0.05) is 39.8 Å². The van der Waals surface area contributed by atoms with Crippen LogP contribution in [-0.2, 0) is 6.54 Å². The molecule has 9 nitrogen and oxygen atoms in total. The standard InChI is InChI=1S/C18H21N7O2/c1-24(2)17-20-15(21-18(22-17)25(3)4)11-19-16(26)13-10-14(27-23-13)12-8-6-5-7-9-12/h5-10H,11H2,1-4H3,(H,19,26). The third kappa shape index (κ3) is 4.38. The van der Waals surface area contributed by atoms with Crippen LogP contribution in [-0.4, -0.2) is 54.2 Å². The van der Waals surface area contributed by atoms with Crippen LogP contribution in [0.1, 0.15) is 16.3 Å². The minimum absolute atomic E-state index is 0.149. The van der Waals surface area contributed by atoms with Crippen LogP contribution in [0.5, 0.6) is 0 Å². The summed E-state index contributed by atoms with van der Waals surface area (Å²) in [6, 6.07) is 11.1. The molecule has 0 bridgehead atoms. The zero-order valence-electron chi connectivity index (χ0n) is 15.7. The number of nitrogens with zero attached hydrogens (tertiary/aromatic N) is 6. The number of hydrogen-bond acceptors (Lipinski definition) is 8. The van der Waals surface area contributed by atoms with E-state index in [0.717, 1.165) is 5.56 Å². The van der Waals surface area contributed by atoms with Gasteiger partial charge in [-0.15, -0.1) is 0 Å². The molecule has 3 rings (SSSR count). The first-order chi connectivity index (χ1) is 12.9. The van der Waals surface area contributed by atoms with Crippen LogP contribution >= 0.6 is 0 Å². The molecule has 27 heavy (non-hydrogen) atoms. The molecule has 0 aliphatic heterocycles. The lowest BCUT2D eigenvalue weighted by Crippen LogP contribution is -2.26. The molecule has 1 aromatic carbocycles. The third-order valence-corrected chi connectivity index (χ3v) is 3.67. The lowest BCUT2D eigenvalue weighted by Gasteiger charge is -2.16. The molecule has 1 N–H and O–H groups in total. The van der Waals surface area contributed by atoms with Gasteiger partial charge in [0.25, 0.3) is 5.91 Å². The zero-order valence-corrected chi connectivity index (χ0v) is 15.7. The van der Waals surface area contributed by atoms with Crippen LogP contribution in [0.15, 0.2) is 40.9 Å². The summed E-state index contributed by atoms with van der Waals surface area (Å²) >= 11 is 0. The van der Waals surface area contributed by atoms with Crippen LogP contribution in [0.3, 0.4) is 0 Å². The molecular weight excluding hydrogens is 346 g/mol. The predicted molar refractivity (Wildman–Crippen MR) is 102 cm³/mol. The summed E-state index contributed by atoms with van der Waals surface area (Å²) in [5, 5.41) is 6.60. The van der Waals surface area contributed by atoms with Gasteiger partial charge in [0.1, 0.15) is 0 Å². The van der Waals surface area contributed by atoms with Gasteiger partial charge < -0.3 is 19.6 Å². The van der Waals surface area contributed by atoms with Crippen molar-refractivity contribution in [1.29, 1.82) is 0 Å². The quantitative estimate of drug-likeness (QED) is 0.701. The lowest BCUT2D eigenvalue weighted by atomic mass is 10.1. The highest BCUT2D eigenvalue weighted by Gasteiger charge is 2.15. The number of aromatic nitrogens is 4. The normalized spacial score (nSPS) is 10.5. The van der Waals surface area contributed by atoms with E-state index < -0.39 is 0 Å². The summed E-state index contributed by atoms with van der Waals surface area (Å²) in [7, 11) is 7.38. The van der Waals surface area contributed by atoms with Gasteiger partial charge in [0.15, 0.2) is 17.3 Å². The van der Waals surface area contributed by atoms with E-state index in [0.29, 0.717) is 23.5 Å². The van der Waals surface area contributed by atoms with Crippen LogP contribution in [0.2, 0.25) is 0 Å². The molecule has 2 heterocycles. The van der Waals surface area contributed by atoms with E-state index in [-0.39, 0.29) is 18.1 Å². The van der Waals surface area contributed by atoms with Gasteiger partial charge in [0.2, 0.25) is 11.9 Å². The molecule has 2 aromatic heterocycles. The highest BCUT2D eigenvalue weighted by atomic mass is 16.5. The molecule has 9 heteroatoms. The maximum Gasteiger partial charge on any atom is 0.273 e. The second-order valence-corrected chi connectivity index (χ2v) is 6.27. The first kappa shape index (κ1) is 18.3. The Hall–Kier alpha value is -3.49. The highest BCUT2D eigenvalue weighted by molar-refractivity contribution is 5.93. The molecule has 1 amide bonds. The monoisotopic (exact) mass is 367 g/mol. The van der Waals surface area contributed by atoms with Crippen molar-refractivity contribution in [2.24, 2.45) is 0 Å². The van der Waals surface area contributed by atoms with Crippen LogP contribution in [0.4, 0.5) is 11.9 Å². The van der Waals surface area contributed by atoms with Crippen molar-refractivity contribution in [2.45, 2.75) is 6.54 Å². The number of benzene rings is 1. The number of anilines is 2. The largest absolute Gasteiger partial charge is 0.355 e. The number of amides is 1. The van der Waals surface area contributed by atoms with Crippen LogP contribution in [0, 0.1) is 0 Å². The number of hydrogen-bond donors (Lipinski definition) is 1. The number of carbonyl (C=O) groups is 1. The second kappa shape index (κ2) is 7.81. The minimum atomic E-state index is -0.362. The molecule has 0 fully saturated rings. The van der Waals surface area contributed by atoms with Crippen molar-refractivity contribution in [3.05, 3.63) is 47.9 Å². The first-order valence-corrected chi connectivity index (χ1v) is 8.34. The molecule has 0 saturated carbocycles. The Labute approximate surface area is 157 Å². The smallest absolute Gasteiger partial charge is 0.273 e. The molecular formula is C18H21N7O2. The molecule has 0 saturated heterocycles. The topological polar surface area (TPSA) is 100 Å². The highest BCUT2D eigenvalue weighted by Crippen LogP contribution is 2.19. The molecule has 140 valence electrons.